The van der Waals surface area contributed by atoms with Gasteiger partial charge in [-0.3, -0.25) is 0 Å². The van der Waals surface area contributed by atoms with Crippen molar-refractivity contribution in [2.75, 3.05) is 25.5 Å². The first-order valence-corrected chi connectivity index (χ1v) is 11.1. The molecule has 0 aliphatic carbocycles. The number of fused-ring (bicyclic) bond motifs is 1. The minimum atomic E-state index is -3.75. The molecule has 0 saturated carbocycles. The Bertz CT molecular complexity index is 951. The Morgan fingerprint density at radius 2 is 2.07 bits per heavy atom. The van der Waals surface area contributed by atoms with E-state index in [9.17, 15) is 8.42 Å². The van der Waals surface area contributed by atoms with Gasteiger partial charge in [-0.1, -0.05) is 11.6 Å². The van der Waals surface area contributed by atoms with E-state index >= 15 is 0 Å². The van der Waals surface area contributed by atoms with E-state index in [2.05, 4.69) is 15.8 Å². The van der Waals surface area contributed by atoms with Crippen molar-refractivity contribution in [3.63, 3.8) is 0 Å². The molecule has 4 rings (SSSR count). The summed E-state index contributed by atoms with van der Waals surface area (Å²) in [5.41, 5.74) is 2.44. The maximum atomic E-state index is 13.5. The van der Waals surface area contributed by atoms with Gasteiger partial charge in [0.15, 0.2) is 5.76 Å². The van der Waals surface area contributed by atoms with Crippen molar-refractivity contribution in [2.24, 2.45) is 0 Å². The third-order valence-corrected chi connectivity index (χ3v) is 7.63. The van der Waals surface area contributed by atoms with Crippen molar-refractivity contribution in [1.29, 1.82) is 0 Å². The van der Waals surface area contributed by atoms with Crippen LogP contribution >= 0.6 is 0 Å². The summed E-state index contributed by atoms with van der Waals surface area (Å²) in [5.74, 6) is 1.66. The van der Waals surface area contributed by atoms with Gasteiger partial charge in [0, 0.05) is 38.7 Å². The van der Waals surface area contributed by atoms with Crippen LogP contribution in [-0.4, -0.2) is 48.0 Å². The first kappa shape index (κ1) is 19.3. The molecule has 2 aliphatic rings. The number of sulfonamides is 1. The minimum Gasteiger partial charge on any atom is -0.373 e. The van der Waals surface area contributed by atoms with Crippen molar-refractivity contribution < 1.29 is 12.9 Å². The van der Waals surface area contributed by atoms with Gasteiger partial charge >= 0.3 is 0 Å². The summed E-state index contributed by atoms with van der Waals surface area (Å²) in [6.07, 6.45) is 3.26. The third kappa shape index (κ3) is 3.19. The smallest absolute Gasteiger partial charge is 0.249 e. The number of nitrogens with one attached hydrogen (secondary N) is 2. The van der Waals surface area contributed by atoms with Gasteiger partial charge in [-0.15, -0.1) is 0 Å². The first-order chi connectivity index (χ1) is 13.4. The quantitative estimate of drug-likeness (QED) is 0.789. The molecule has 28 heavy (non-hydrogen) atoms. The average molecular weight is 407 g/mol. The van der Waals surface area contributed by atoms with Crippen LogP contribution in [0.25, 0.3) is 0 Å². The maximum Gasteiger partial charge on any atom is 0.249 e. The number of rotatable bonds is 4. The molecule has 0 spiro atoms. The molecule has 0 radical (unpaired) electrons. The largest absolute Gasteiger partial charge is 0.373 e. The first-order valence-electron chi connectivity index (χ1n) is 9.66. The van der Waals surface area contributed by atoms with E-state index in [1.165, 1.54) is 4.31 Å². The predicted octanol–water partition coefficient (Wildman–Crippen LogP) is 1.68. The number of piperidine rings is 1. The Labute approximate surface area is 165 Å². The molecule has 2 N–H and O–H groups in total. The van der Waals surface area contributed by atoms with E-state index in [0.717, 1.165) is 49.4 Å². The highest BCUT2D eigenvalue weighted by Gasteiger charge is 2.39. The molecule has 0 unspecified atom stereocenters. The third-order valence-electron chi connectivity index (χ3n) is 5.47. The fourth-order valence-electron chi connectivity index (χ4n) is 4.13. The number of aromatic nitrogens is 3. The highest BCUT2D eigenvalue weighted by atomic mass is 32.2. The van der Waals surface area contributed by atoms with Crippen molar-refractivity contribution in [1.82, 2.24) is 24.7 Å². The Morgan fingerprint density at radius 3 is 2.79 bits per heavy atom. The van der Waals surface area contributed by atoms with Gasteiger partial charge in [-0.2, -0.15) is 4.31 Å². The second kappa shape index (κ2) is 7.41. The summed E-state index contributed by atoms with van der Waals surface area (Å²) in [4.78, 5) is 9.67. The van der Waals surface area contributed by atoms with Gasteiger partial charge in [0.05, 0.1) is 11.7 Å². The molecule has 1 saturated heterocycles. The molecule has 9 nitrogen and oxygen atoms in total. The van der Waals surface area contributed by atoms with E-state index in [1.54, 1.807) is 13.8 Å². The predicted molar refractivity (Wildman–Crippen MR) is 103 cm³/mol. The van der Waals surface area contributed by atoms with Gasteiger partial charge in [0.2, 0.25) is 10.0 Å². The molecule has 2 aromatic heterocycles. The highest BCUT2D eigenvalue weighted by Crippen LogP contribution is 2.36. The molecule has 1 atom stereocenters. The minimum absolute atomic E-state index is 0.162. The van der Waals surface area contributed by atoms with Crippen LogP contribution in [0.15, 0.2) is 9.42 Å². The van der Waals surface area contributed by atoms with Gasteiger partial charge < -0.3 is 15.2 Å². The molecule has 0 amide bonds. The lowest BCUT2D eigenvalue weighted by Crippen LogP contribution is -2.40. The zero-order chi connectivity index (χ0) is 19.9. The van der Waals surface area contributed by atoms with Crippen molar-refractivity contribution in [3.05, 3.63) is 28.5 Å². The second-order valence-electron chi connectivity index (χ2n) is 7.31. The highest BCUT2D eigenvalue weighted by molar-refractivity contribution is 7.89. The standard InChI is InChI=1S/C18H26N6O3S/c1-11-16(12(2)27-23-11)28(25,26)24-9-5-4-6-15(24)18-21-14-7-8-20-10-13(14)17(19-3)22-18/h15,20H,4-10H2,1-3H3,(H,19,21,22)/t15-/m0/s1. The summed E-state index contributed by atoms with van der Waals surface area (Å²) in [6.45, 7) is 5.31. The fraction of sp³-hybridized carbons (Fsp3) is 0.611. The summed E-state index contributed by atoms with van der Waals surface area (Å²) in [5, 5.41) is 10.3. The molecular formula is C18H26N6O3S. The molecule has 10 heteroatoms. The lowest BCUT2D eigenvalue weighted by molar-refractivity contribution is 0.245. The molecule has 2 aromatic rings. The van der Waals surface area contributed by atoms with E-state index in [4.69, 9.17) is 14.5 Å². The van der Waals surface area contributed by atoms with Gasteiger partial charge in [-0.25, -0.2) is 18.4 Å². The number of hydrogen-bond donors (Lipinski definition) is 2. The lowest BCUT2D eigenvalue weighted by atomic mass is 10.0. The van der Waals surface area contributed by atoms with Crippen LogP contribution in [0.5, 0.6) is 0 Å². The van der Waals surface area contributed by atoms with Crippen molar-refractivity contribution in [3.8, 4) is 0 Å². The summed E-state index contributed by atoms with van der Waals surface area (Å²) < 4.78 is 33.6. The normalized spacial score (nSPS) is 20.8. The molecule has 0 bridgehead atoms. The SMILES string of the molecule is CNc1nc([C@@H]2CCCCN2S(=O)(=O)c2c(C)noc2C)nc2c1CNCC2. The van der Waals surface area contributed by atoms with Crippen molar-refractivity contribution in [2.45, 2.75) is 57.0 Å². The molecule has 1 fully saturated rings. The zero-order valence-corrected chi connectivity index (χ0v) is 17.3. The second-order valence-corrected chi connectivity index (χ2v) is 9.14. The van der Waals surface area contributed by atoms with Crippen LogP contribution in [0.2, 0.25) is 0 Å². The molecule has 2 aliphatic heterocycles. The lowest BCUT2D eigenvalue weighted by Gasteiger charge is -2.34. The van der Waals surface area contributed by atoms with Crippen LogP contribution < -0.4 is 10.6 Å². The monoisotopic (exact) mass is 406 g/mol. The van der Waals surface area contributed by atoms with Crippen LogP contribution in [0, 0.1) is 13.8 Å². The number of anilines is 1. The Hall–Kier alpha value is -2.04. The van der Waals surface area contributed by atoms with Crippen molar-refractivity contribution >= 4 is 15.8 Å². The van der Waals surface area contributed by atoms with E-state index in [-0.39, 0.29) is 10.9 Å². The molecule has 4 heterocycles. The number of aryl methyl sites for hydroxylation is 2. The summed E-state index contributed by atoms with van der Waals surface area (Å²) in [6, 6.07) is -0.389. The van der Waals surface area contributed by atoms with E-state index in [1.807, 2.05) is 7.05 Å². The van der Waals surface area contributed by atoms with E-state index < -0.39 is 10.0 Å². The van der Waals surface area contributed by atoms with E-state index in [0.29, 0.717) is 30.2 Å². The zero-order valence-electron chi connectivity index (χ0n) is 16.4. The topological polar surface area (TPSA) is 113 Å². The number of hydrogen-bond acceptors (Lipinski definition) is 8. The summed E-state index contributed by atoms with van der Waals surface area (Å²) in [7, 11) is -1.92. The average Bonchev–Trinajstić information content (AvgIpc) is 3.06. The molecular weight excluding hydrogens is 380 g/mol. The number of nitrogens with zero attached hydrogens (tertiary/aromatic N) is 4. The van der Waals surface area contributed by atoms with Crippen LogP contribution in [0.1, 0.15) is 53.8 Å². The summed E-state index contributed by atoms with van der Waals surface area (Å²) >= 11 is 0. The molecule has 152 valence electrons. The van der Waals surface area contributed by atoms with Gasteiger partial charge in [-0.05, 0) is 26.7 Å². The maximum absolute atomic E-state index is 13.5. The van der Waals surface area contributed by atoms with Crippen LogP contribution in [0.3, 0.4) is 0 Å². The van der Waals surface area contributed by atoms with Crippen LogP contribution in [0.4, 0.5) is 5.82 Å². The Kier molecular flexibility index (Phi) is 5.11. The Balaban J connectivity index is 1.78. The van der Waals surface area contributed by atoms with Crippen LogP contribution in [-0.2, 0) is 23.0 Å². The fourth-order valence-corrected chi connectivity index (χ4v) is 6.08. The molecule has 0 aromatic carbocycles. The van der Waals surface area contributed by atoms with Gasteiger partial charge in [0.25, 0.3) is 0 Å². The van der Waals surface area contributed by atoms with Gasteiger partial charge in [0.1, 0.15) is 22.2 Å². The Morgan fingerprint density at radius 1 is 1.25 bits per heavy atom.